The van der Waals surface area contributed by atoms with Crippen LogP contribution in [-0.4, -0.2) is 16.5 Å². The van der Waals surface area contributed by atoms with Crippen molar-refractivity contribution in [1.29, 1.82) is 0 Å². The van der Waals surface area contributed by atoms with E-state index in [1.165, 1.54) is 25.7 Å². The van der Waals surface area contributed by atoms with E-state index in [1.807, 2.05) is 30.1 Å². The van der Waals surface area contributed by atoms with Gasteiger partial charge in [0.15, 0.2) is 0 Å². The fourth-order valence-electron chi connectivity index (χ4n) is 2.33. The Morgan fingerprint density at radius 1 is 1.31 bits per heavy atom. The molecule has 3 nitrogen and oxygen atoms in total. The summed E-state index contributed by atoms with van der Waals surface area (Å²) in [7, 11) is 1.93. The fraction of sp³-hybridized carbons (Fsp3) is 0.615. The van der Waals surface area contributed by atoms with E-state index in [4.69, 9.17) is 0 Å². The summed E-state index contributed by atoms with van der Waals surface area (Å²) in [6, 6.07) is 2.25. The van der Waals surface area contributed by atoms with E-state index >= 15 is 0 Å². The summed E-state index contributed by atoms with van der Waals surface area (Å²) in [4.78, 5) is 11.9. The monoisotopic (exact) mass is 220 g/mol. The van der Waals surface area contributed by atoms with Crippen LogP contribution in [0.2, 0.25) is 0 Å². The molecule has 16 heavy (non-hydrogen) atoms. The van der Waals surface area contributed by atoms with Gasteiger partial charge in [0.1, 0.15) is 0 Å². The van der Waals surface area contributed by atoms with Crippen molar-refractivity contribution in [3.63, 3.8) is 0 Å². The first-order chi connectivity index (χ1) is 7.75. The molecule has 1 amide bonds. The molecule has 1 N–H and O–H groups in total. The van der Waals surface area contributed by atoms with Crippen LogP contribution in [0.25, 0.3) is 0 Å². The van der Waals surface area contributed by atoms with Crippen molar-refractivity contribution in [3.05, 3.63) is 24.0 Å². The molecule has 0 unspecified atom stereocenters. The summed E-state index contributed by atoms with van der Waals surface area (Å²) in [5, 5.41) is 3.14. The molecule has 0 aliphatic heterocycles. The molecule has 2 rings (SSSR count). The van der Waals surface area contributed by atoms with Crippen molar-refractivity contribution in [3.8, 4) is 0 Å². The summed E-state index contributed by atoms with van der Waals surface area (Å²) < 4.78 is 1.90. The smallest absolute Gasteiger partial charge is 0.253 e. The number of hydrogen-bond acceptors (Lipinski definition) is 1. The van der Waals surface area contributed by atoms with E-state index in [9.17, 15) is 4.79 Å². The maximum atomic E-state index is 11.9. The lowest BCUT2D eigenvalue weighted by atomic mass is 10.1. The molecule has 1 heterocycles. The summed E-state index contributed by atoms with van der Waals surface area (Å²) in [5.41, 5.74) is 0.770. The Hall–Kier alpha value is -1.25. The molecule has 3 heteroatoms. The number of aromatic nitrogens is 1. The van der Waals surface area contributed by atoms with Crippen LogP contribution < -0.4 is 5.32 Å². The Morgan fingerprint density at radius 2 is 2.00 bits per heavy atom. The van der Waals surface area contributed by atoms with Crippen LogP contribution in [0.4, 0.5) is 0 Å². The minimum absolute atomic E-state index is 0.0764. The van der Waals surface area contributed by atoms with E-state index in [2.05, 4.69) is 5.32 Å². The van der Waals surface area contributed by atoms with Gasteiger partial charge in [-0.05, 0) is 18.9 Å². The third-order valence-corrected chi connectivity index (χ3v) is 3.28. The second-order valence-electron chi connectivity index (χ2n) is 4.73. The van der Waals surface area contributed by atoms with Gasteiger partial charge < -0.3 is 9.88 Å². The topological polar surface area (TPSA) is 34.0 Å². The van der Waals surface area contributed by atoms with Gasteiger partial charge in [0.2, 0.25) is 0 Å². The highest BCUT2D eigenvalue weighted by molar-refractivity contribution is 5.94. The molecule has 0 radical (unpaired) electrons. The molecule has 0 bridgehead atoms. The summed E-state index contributed by atoms with van der Waals surface area (Å²) in [5.74, 6) is 0.0764. The van der Waals surface area contributed by atoms with Crippen LogP contribution in [0.5, 0.6) is 0 Å². The molecule has 1 saturated carbocycles. The molecular weight excluding hydrogens is 200 g/mol. The lowest BCUT2D eigenvalue weighted by Gasteiger charge is -2.15. The van der Waals surface area contributed by atoms with E-state index in [0.717, 1.165) is 18.4 Å². The zero-order valence-electron chi connectivity index (χ0n) is 9.91. The number of rotatable bonds is 2. The second kappa shape index (κ2) is 5.19. The van der Waals surface area contributed by atoms with E-state index in [1.54, 1.807) is 0 Å². The average Bonchev–Trinajstić information content (AvgIpc) is 2.54. The quantitative estimate of drug-likeness (QED) is 0.763. The SMILES string of the molecule is Cn1ccc(C(=O)NC2CCCCCC2)c1. The van der Waals surface area contributed by atoms with Gasteiger partial charge in [-0.2, -0.15) is 0 Å². The lowest BCUT2D eigenvalue weighted by molar-refractivity contribution is 0.0933. The van der Waals surface area contributed by atoms with E-state index < -0.39 is 0 Å². The number of carbonyl (C=O) groups is 1. The number of carbonyl (C=O) groups excluding carboxylic acids is 1. The molecule has 1 aliphatic carbocycles. The Kier molecular flexibility index (Phi) is 3.65. The lowest BCUT2D eigenvalue weighted by Crippen LogP contribution is -2.34. The molecule has 1 aromatic heterocycles. The second-order valence-corrected chi connectivity index (χ2v) is 4.73. The highest BCUT2D eigenvalue weighted by atomic mass is 16.1. The number of nitrogens with zero attached hydrogens (tertiary/aromatic N) is 1. The first kappa shape index (κ1) is 11.2. The molecule has 1 aliphatic rings. The standard InChI is InChI=1S/C13H20N2O/c1-15-9-8-11(10-15)13(16)14-12-6-4-2-3-5-7-12/h8-10,12H,2-7H2,1H3,(H,14,16). The van der Waals surface area contributed by atoms with Crippen molar-refractivity contribution < 1.29 is 4.79 Å². The third kappa shape index (κ3) is 2.87. The summed E-state index contributed by atoms with van der Waals surface area (Å²) in [6.45, 7) is 0. The predicted octanol–water partition coefficient (Wildman–Crippen LogP) is 2.48. The molecule has 1 aromatic rings. The van der Waals surface area contributed by atoms with Gasteiger partial charge >= 0.3 is 0 Å². The minimum atomic E-state index is 0.0764. The summed E-state index contributed by atoms with van der Waals surface area (Å²) in [6.07, 6.45) is 11.2. The van der Waals surface area contributed by atoms with Gasteiger partial charge in [-0.25, -0.2) is 0 Å². The molecule has 88 valence electrons. The minimum Gasteiger partial charge on any atom is -0.356 e. The van der Waals surface area contributed by atoms with Crippen molar-refractivity contribution in [2.75, 3.05) is 0 Å². The number of amides is 1. The van der Waals surface area contributed by atoms with Gasteiger partial charge in [0.25, 0.3) is 5.91 Å². The molecule has 0 atom stereocenters. The zero-order valence-corrected chi connectivity index (χ0v) is 9.91. The Morgan fingerprint density at radius 3 is 2.56 bits per heavy atom. The molecule has 0 saturated heterocycles. The zero-order chi connectivity index (χ0) is 11.4. The van der Waals surface area contributed by atoms with E-state index in [-0.39, 0.29) is 5.91 Å². The van der Waals surface area contributed by atoms with Crippen LogP contribution in [0.15, 0.2) is 18.5 Å². The molecule has 0 aromatic carbocycles. The van der Waals surface area contributed by atoms with E-state index in [0.29, 0.717) is 6.04 Å². The van der Waals surface area contributed by atoms with Crippen molar-refractivity contribution in [1.82, 2.24) is 9.88 Å². The van der Waals surface area contributed by atoms with Crippen molar-refractivity contribution in [2.24, 2.45) is 7.05 Å². The maximum absolute atomic E-state index is 11.9. The molecular formula is C13H20N2O. The van der Waals surface area contributed by atoms with Gasteiger partial charge in [0, 0.05) is 25.5 Å². The summed E-state index contributed by atoms with van der Waals surface area (Å²) >= 11 is 0. The highest BCUT2D eigenvalue weighted by Gasteiger charge is 2.15. The highest BCUT2D eigenvalue weighted by Crippen LogP contribution is 2.17. The molecule has 1 fully saturated rings. The van der Waals surface area contributed by atoms with Crippen molar-refractivity contribution >= 4 is 5.91 Å². The third-order valence-electron chi connectivity index (χ3n) is 3.28. The van der Waals surface area contributed by atoms with Crippen molar-refractivity contribution in [2.45, 2.75) is 44.6 Å². The maximum Gasteiger partial charge on any atom is 0.253 e. The van der Waals surface area contributed by atoms with Crippen LogP contribution in [0.3, 0.4) is 0 Å². The van der Waals surface area contributed by atoms with Gasteiger partial charge in [-0.15, -0.1) is 0 Å². The number of nitrogens with one attached hydrogen (secondary N) is 1. The Balaban J connectivity index is 1.90. The van der Waals surface area contributed by atoms with Crippen LogP contribution in [-0.2, 0) is 7.05 Å². The van der Waals surface area contributed by atoms with Gasteiger partial charge in [-0.1, -0.05) is 25.7 Å². The van der Waals surface area contributed by atoms with Crippen LogP contribution >= 0.6 is 0 Å². The first-order valence-corrected chi connectivity index (χ1v) is 6.18. The Labute approximate surface area is 96.8 Å². The molecule has 0 spiro atoms. The number of aryl methyl sites for hydroxylation is 1. The van der Waals surface area contributed by atoms with Crippen LogP contribution in [0, 0.1) is 0 Å². The van der Waals surface area contributed by atoms with Gasteiger partial charge in [0.05, 0.1) is 5.56 Å². The van der Waals surface area contributed by atoms with Gasteiger partial charge in [-0.3, -0.25) is 4.79 Å². The fourth-order valence-corrected chi connectivity index (χ4v) is 2.33. The number of hydrogen-bond donors (Lipinski definition) is 1. The average molecular weight is 220 g/mol. The Bertz CT molecular complexity index is 349. The largest absolute Gasteiger partial charge is 0.356 e. The van der Waals surface area contributed by atoms with Crippen LogP contribution in [0.1, 0.15) is 48.9 Å². The predicted molar refractivity (Wildman–Crippen MR) is 64.4 cm³/mol. The normalized spacial score (nSPS) is 18.1. The first-order valence-electron chi connectivity index (χ1n) is 6.18.